The molecule has 1 saturated heterocycles. The summed E-state index contributed by atoms with van der Waals surface area (Å²) in [5, 5.41) is 0. The van der Waals surface area contributed by atoms with Gasteiger partial charge in [-0.3, -0.25) is 0 Å². The largest absolute Gasteiger partial charge is 0.493 e. The second-order valence-electron chi connectivity index (χ2n) is 5.77. The first-order valence-electron chi connectivity index (χ1n) is 8.24. The Labute approximate surface area is 143 Å². The summed E-state index contributed by atoms with van der Waals surface area (Å²) in [5.41, 5.74) is 0.948. The molecule has 6 heteroatoms. The molecule has 24 heavy (non-hydrogen) atoms. The molecule has 2 rings (SSSR count). The molecule has 0 spiro atoms. The fourth-order valence-corrected chi connectivity index (χ4v) is 3.11. The summed E-state index contributed by atoms with van der Waals surface area (Å²) in [6.45, 7) is 2.40. The number of methoxy groups -OCH3 is 4. The Hall–Kier alpha value is -1.50. The molecule has 1 aliphatic heterocycles. The molecule has 0 N–H and O–H groups in total. The van der Waals surface area contributed by atoms with E-state index in [9.17, 15) is 0 Å². The molecular weight excluding hydrogens is 312 g/mol. The first-order valence-corrected chi connectivity index (χ1v) is 8.24. The quantitative estimate of drug-likeness (QED) is 0.643. The van der Waals surface area contributed by atoms with Crippen LogP contribution in [0.3, 0.4) is 0 Å². The van der Waals surface area contributed by atoms with Crippen molar-refractivity contribution in [2.24, 2.45) is 0 Å². The summed E-state index contributed by atoms with van der Waals surface area (Å²) < 4.78 is 33.4. The molecule has 0 unspecified atom stereocenters. The number of rotatable bonds is 9. The van der Waals surface area contributed by atoms with Gasteiger partial charge in [-0.05, 0) is 24.1 Å². The lowest BCUT2D eigenvalue weighted by molar-refractivity contribution is -0.0961. The Kier molecular flexibility index (Phi) is 7.15. The smallest absolute Gasteiger partial charge is 0.203 e. The van der Waals surface area contributed by atoms with Gasteiger partial charge in [-0.1, -0.05) is 13.3 Å². The van der Waals surface area contributed by atoms with E-state index in [2.05, 4.69) is 6.92 Å². The maximum absolute atomic E-state index is 6.24. The average Bonchev–Trinajstić information content (AvgIpc) is 3.01. The van der Waals surface area contributed by atoms with E-state index in [0.29, 0.717) is 17.2 Å². The van der Waals surface area contributed by atoms with Crippen LogP contribution in [0.25, 0.3) is 0 Å². The summed E-state index contributed by atoms with van der Waals surface area (Å²) in [4.78, 5) is 0. The van der Waals surface area contributed by atoms with E-state index in [1.165, 1.54) is 0 Å². The molecule has 1 aromatic carbocycles. The normalized spacial score (nSPS) is 23.3. The van der Waals surface area contributed by atoms with Crippen LogP contribution in [0.1, 0.15) is 37.9 Å². The van der Waals surface area contributed by atoms with Crippen molar-refractivity contribution in [3.8, 4) is 17.2 Å². The van der Waals surface area contributed by atoms with E-state index < -0.39 is 0 Å². The lowest BCUT2D eigenvalue weighted by Gasteiger charge is -2.21. The standard InChI is InChI=1S/C18H28O6/c1-6-7-13-10-16(23-11-19-2)17(24-13)12-8-14(20-3)18(22-5)15(9-12)21-4/h8-9,13,16-17H,6-7,10-11H2,1-5H3/t13-,16+,17+/m0/s1. The van der Waals surface area contributed by atoms with Crippen molar-refractivity contribution in [2.75, 3.05) is 35.2 Å². The van der Waals surface area contributed by atoms with Gasteiger partial charge in [-0.2, -0.15) is 0 Å². The van der Waals surface area contributed by atoms with Crippen LogP contribution < -0.4 is 14.2 Å². The third kappa shape index (κ3) is 4.12. The van der Waals surface area contributed by atoms with Crippen molar-refractivity contribution in [3.05, 3.63) is 17.7 Å². The molecule has 6 nitrogen and oxygen atoms in total. The van der Waals surface area contributed by atoms with Gasteiger partial charge in [0.05, 0.1) is 33.5 Å². The Morgan fingerprint density at radius 3 is 2.21 bits per heavy atom. The van der Waals surface area contributed by atoms with Crippen LogP contribution in [0.4, 0.5) is 0 Å². The van der Waals surface area contributed by atoms with E-state index in [4.69, 9.17) is 28.4 Å². The maximum Gasteiger partial charge on any atom is 0.203 e. The van der Waals surface area contributed by atoms with Crippen LogP contribution in [0.5, 0.6) is 17.2 Å². The minimum absolute atomic E-state index is 0.0655. The topological polar surface area (TPSA) is 55.4 Å². The summed E-state index contributed by atoms with van der Waals surface area (Å²) in [5.74, 6) is 1.79. The molecule has 1 heterocycles. The number of hydrogen-bond acceptors (Lipinski definition) is 6. The average molecular weight is 340 g/mol. The summed E-state index contributed by atoms with van der Waals surface area (Å²) in [7, 11) is 6.42. The molecule has 3 atom stereocenters. The van der Waals surface area contributed by atoms with Gasteiger partial charge in [-0.25, -0.2) is 0 Å². The predicted octanol–water partition coefficient (Wildman–Crippen LogP) is 3.33. The lowest BCUT2D eigenvalue weighted by atomic mass is 10.0. The Morgan fingerprint density at radius 2 is 1.71 bits per heavy atom. The molecule has 0 saturated carbocycles. The fraction of sp³-hybridized carbons (Fsp3) is 0.667. The Morgan fingerprint density at radius 1 is 1.04 bits per heavy atom. The second kappa shape index (κ2) is 9.11. The first-order chi connectivity index (χ1) is 11.7. The van der Waals surface area contributed by atoms with Crippen LogP contribution in [0.2, 0.25) is 0 Å². The van der Waals surface area contributed by atoms with E-state index in [0.717, 1.165) is 24.8 Å². The highest BCUT2D eigenvalue weighted by molar-refractivity contribution is 5.54. The van der Waals surface area contributed by atoms with Gasteiger partial charge >= 0.3 is 0 Å². The third-order valence-corrected chi connectivity index (χ3v) is 4.20. The zero-order valence-corrected chi connectivity index (χ0v) is 15.2. The van der Waals surface area contributed by atoms with E-state index in [1.807, 2.05) is 12.1 Å². The molecule has 0 bridgehead atoms. The van der Waals surface area contributed by atoms with E-state index in [1.54, 1.807) is 28.4 Å². The number of hydrogen-bond donors (Lipinski definition) is 0. The van der Waals surface area contributed by atoms with Gasteiger partial charge < -0.3 is 28.4 Å². The monoisotopic (exact) mass is 340 g/mol. The van der Waals surface area contributed by atoms with Crippen molar-refractivity contribution >= 4 is 0 Å². The molecule has 0 aromatic heterocycles. The van der Waals surface area contributed by atoms with Crippen molar-refractivity contribution in [3.63, 3.8) is 0 Å². The third-order valence-electron chi connectivity index (χ3n) is 4.20. The van der Waals surface area contributed by atoms with Gasteiger partial charge in [0.25, 0.3) is 0 Å². The minimum Gasteiger partial charge on any atom is -0.493 e. The van der Waals surface area contributed by atoms with Crippen molar-refractivity contribution in [1.82, 2.24) is 0 Å². The summed E-state index contributed by atoms with van der Waals surface area (Å²) >= 11 is 0. The van der Waals surface area contributed by atoms with Crippen LogP contribution in [-0.2, 0) is 14.2 Å². The molecule has 1 fully saturated rings. The van der Waals surface area contributed by atoms with Gasteiger partial charge in [0.1, 0.15) is 12.9 Å². The van der Waals surface area contributed by atoms with Crippen molar-refractivity contribution in [2.45, 2.75) is 44.5 Å². The van der Waals surface area contributed by atoms with Gasteiger partial charge in [0, 0.05) is 13.5 Å². The van der Waals surface area contributed by atoms with E-state index in [-0.39, 0.29) is 25.1 Å². The van der Waals surface area contributed by atoms with Crippen molar-refractivity contribution in [1.29, 1.82) is 0 Å². The highest BCUT2D eigenvalue weighted by Gasteiger charge is 2.37. The first kappa shape index (κ1) is 18.8. The van der Waals surface area contributed by atoms with Crippen molar-refractivity contribution < 1.29 is 28.4 Å². The maximum atomic E-state index is 6.24. The number of ether oxygens (including phenoxy) is 6. The second-order valence-corrected chi connectivity index (χ2v) is 5.77. The number of benzene rings is 1. The van der Waals surface area contributed by atoms with E-state index >= 15 is 0 Å². The highest BCUT2D eigenvalue weighted by Crippen LogP contribution is 2.44. The Bertz CT molecular complexity index is 493. The van der Waals surface area contributed by atoms with Gasteiger partial charge in [0.15, 0.2) is 11.5 Å². The summed E-state index contributed by atoms with van der Waals surface area (Å²) in [6.07, 6.45) is 2.85. The van der Waals surface area contributed by atoms with Crippen LogP contribution >= 0.6 is 0 Å². The molecular formula is C18H28O6. The zero-order chi connectivity index (χ0) is 17.5. The lowest BCUT2D eigenvalue weighted by Crippen LogP contribution is -2.19. The minimum atomic E-state index is -0.189. The molecule has 0 aliphatic carbocycles. The zero-order valence-electron chi connectivity index (χ0n) is 15.2. The van der Waals surface area contributed by atoms with Crippen LogP contribution in [-0.4, -0.2) is 47.4 Å². The van der Waals surface area contributed by atoms with Crippen LogP contribution in [0, 0.1) is 0 Å². The molecule has 0 radical (unpaired) electrons. The predicted molar refractivity (Wildman–Crippen MR) is 90.0 cm³/mol. The molecule has 1 aliphatic rings. The van der Waals surface area contributed by atoms with Gasteiger partial charge in [-0.15, -0.1) is 0 Å². The highest BCUT2D eigenvalue weighted by atomic mass is 16.7. The SMILES string of the molecule is CCC[C@H]1C[C@@H](OCOC)[C@@H](c2cc(OC)c(OC)c(OC)c2)O1. The fourth-order valence-electron chi connectivity index (χ4n) is 3.11. The molecule has 136 valence electrons. The van der Waals surface area contributed by atoms with Gasteiger partial charge in [0.2, 0.25) is 5.75 Å². The summed E-state index contributed by atoms with van der Waals surface area (Å²) in [6, 6.07) is 3.84. The molecule has 1 aromatic rings. The Balaban J connectivity index is 2.32. The van der Waals surface area contributed by atoms with Crippen LogP contribution in [0.15, 0.2) is 12.1 Å². The molecule has 0 amide bonds.